The maximum atomic E-state index is 12.8. The monoisotopic (exact) mass is 538 g/mol. The van der Waals surface area contributed by atoms with E-state index in [2.05, 4.69) is 32.9 Å². The number of benzene rings is 2. The molecule has 0 radical (unpaired) electrons. The van der Waals surface area contributed by atoms with Crippen molar-refractivity contribution in [2.75, 3.05) is 11.9 Å². The summed E-state index contributed by atoms with van der Waals surface area (Å²) in [5, 5.41) is 15.3. The van der Waals surface area contributed by atoms with Gasteiger partial charge in [-0.1, -0.05) is 11.6 Å². The molecule has 1 aliphatic rings. The fourth-order valence-electron chi connectivity index (χ4n) is 2.90. The van der Waals surface area contributed by atoms with Crippen molar-refractivity contribution in [2.45, 2.75) is 12.8 Å². The third-order valence-electron chi connectivity index (χ3n) is 4.66. The van der Waals surface area contributed by atoms with Gasteiger partial charge in [-0.25, -0.2) is 9.78 Å². The molecule has 4 rings (SSSR count). The van der Waals surface area contributed by atoms with Gasteiger partial charge in [0, 0.05) is 22.0 Å². The molecular formula is C20H16ClIN4O4. The maximum Gasteiger partial charge on any atom is 0.340 e. The van der Waals surface area contributed by atoms with Crippen LogP contribution in [0.15, 0.2) is 49.1 Å². The second kappa shape index (κ2) is 8.60. The Morgan fingerprint density at radius 1 is 1.33 bits per heavy atom. The van der Waals surface area contributed by atoms with E-state index in [1.54, 1.807) is 18.3 Å². The first-order chi connectivity index (χ1) is 14.4. The number of nitro groups is 1. The van der Waals surface area contributed by atoms with E-state index in [1.165, 1.54) is 29.2 Å². The van der Waals surface area contributed by atoms with Gasteiger partial charge in [-0.3, -0.25) is 10.1 Å². The van der Waals surface area contributed by atoms with Gasteiger partial charge >= 0.3 is 5.97 Å². The highest BCUT2D eigenvalue weighted by molar-refractivity contribution is 14.1. The normalized spacial score (nSPS) is 13.1. The fourth-order valence-corrected chi connectivity index (χ4v) is 3.80. The number of anilines is 2. The summed E-state index contributed by atoms with van der Waals surface area (Å²) < 4.78 is 7.86. The van der Waals surface area contributed by atoms with Crippen molar-refractivity contribution in [1.29, 1.82) is 0 Å². The average Bonchev–Trinajstić information content (AvgIpc) is 3.38. The van der Waals surface area contributed by atoms with Crippen molar-refractivity contribution in [3.8, 4) is 5.69 Å². The van der Waals surface area contributed by atoms with E-state index < -0.39 is 10.9 Å². The first kappa shape index (κ1) is 20.6. The average molecular weight is 539 g/mol. The Balaban J connectivity index is 1.80. The minimum atomic E-state index is -0.619. The molecule has 0 atom stereocenters. The van der Waals surface area contributed by atoms with Crippen LogP contribution in [0.4, 0.5) is 17.1 Å². The summed E-state index contributed by atoms with van der Waals surface area (Å²) in [7, 11) is 0. The van der Waals surface area contributed by atoms with Gasteiger partial charge in [-0.05, 0) is 65.6 Å². The molecule has 0 aliphatic heterocycles. The number of halogens is 2. The zero-order valence-corrected chi connectivity index (χ0v) is 18.5. The molecule has 1 fully saturated rings. The number of esters is 1. The number of nitro benzene ring substituents is 1. The number of nitrogens with one attached hydrogen (secondary N) is 1. The number of hydrogen-bond acceptors (Lipinski definition) is 6. The number of imidazole rings is 1. The lowest BCUT2D eigenvalue weighted by Crippen LogP contribution is -2.12. The maximum absolute atomic E-state index is 12.8. The Bertz CT molecular complexity index is 1120. The second-order valence-electron chi connectivity index (χ2n) is 6.90. The van der Waals surface area contributed by atoms with Gasteiger partial charge in [0.1, 0.15) is 5.69 Å². The standard InChI is InChI=1S/C20H16ClIN4O4/c21-15-7-13(22)3-4-16(15)24-17-9-18(25-6-5-23-11-25)19(26(28)29)8-14(17)20(27)30-10-12-1-2-12/h3-9,11-12,24H,1-2,10H2. The topological polar surface area (TPSA) is 99.3 Å². The Hall–Kier alpha value is -2.66. The highest BCUT2D eigenvalue weighted by atomic mass is 127. The molecule has 30 heavy (non-hydrogen) atoms. The fraction of sp³-hybridized carbons (Fsp3) is 0.200. The molecule has 0 saturated heterocycles. The third kappa shape index (κ3) is 4.57. The minimum Gasteiger partial charge on any atom is -0.462 e. The van der Waals surface area contributed by atoms with Gasteiger partial charge in [0.2, 0.25) is 0 Å². The summed E-state index contributed by atoms with van der Waals surface area (Å²) in [6.07, 6.45) is 6.61. The molecule has 1 saturated carbocycles. The van der Waals surface area contributed by atoms with Gasteiger partial charge in [0.15, 0.2) is 0 Å². The smallest absolute Gasteiger partial charge is 0.340 e. The van der Waals surface area contributed by atoms with Crippen molar-refractivity contribution in [1.82, 2.24) is 9.55 Å². The number of carbonyl (C=O) groups excluding carboxylic acids is 1. The van der Waals surface area contributed by atoms with Crippen LogP contribution >= 0.6 is 34.2 Å². The first-order valence-corrected chi connectivity index (χ1v) is 10.6. The van der Waals surface area contributed by atoms with Crippen molar-refractivity contribution in [3.05, 3.63) is 73.3 Å². The van der Waals surface area contributed by atoms with Crippen LogP contribution in [-0.4, -0.2) is 27.1 Å². The third-order valence-corrected chi connectivity index (χ3v) is 5.65. The Labute approximate surface area is 190 Å². The Morgan fingerprint density at radius 2 is 2.13 bits per heavy atom. The Kier molecular flexibility index (Phi) is 5.91. The number of carbonyl (C=O) groups is 1. The summed E-state index contributed by atoms with van der Waals surface area (Å²) in [6, 6.07) is 8.18. The molecule has 1 aromatic heterocycles. The summed E-state index contributed by atoms with van der Waals surface area (Å²) in [6.45, 7) is 0.305. The highest BCUT2D eigenvalue weighted by Crippen LogP contribution is 2.35. The van der Waals surface area contributed by atoms with Crippen LogP contribution in [0, 0.1) is 19.6 Å². The predicted molar refractivity (Wildman–Crippen MR) is 121 cm³/mol. The van der Waals surface area contributed by atoms with Crippen LogP contribution < -0.4 is 5.32 Å². The van der Waals surface area contributed by atoms with Crippen LogP contribution in [-0.2, 0) is 4.74 Å². The number of ether oxygens (including phenoxy) is 1. The molecule has 0 bridgehead atoms. The lowest BCUT2D eigenvalue weighted by Gasteiger charge is -2.15. The number of nitrogens with zero attached hydrogens (tertiary/aromatic N) is 3. The summed E-state index contributed by atoms with van der Waals surface area (Å²) >= 11 is 8.48. The molecule has 0 unspecified atom stereocenters. The van der Waals surface area contributed by atoms with E-state index in [-0.39, 0.29) is 16.9 Å². The van der Waals surface area contributed by atoms with Gasteiger partial charge in [-0.15, -0.1) is 0 Å². The largest absolute Gasteiger partial charge is 0.462 e. The van der Waals surface area contributed by atoms with E-state index in [1.807, 2.05) is 6.07 Å². The van der Waals surface area contributed by atoms with Crippen molar-refractivity contribution in [2.24, 2.45) is 5.92 Å². The molecule has 3 aromatic rings. The highest BCUT2D eigenvalue weighted by Gasteiger charge is 2.27. The first-order valence-electron chi connectivity index (χ1n) is 9.12. The van der Waals surface area contributed by atoms with Crippen LogP contribution in [0.1, 0.15) is 23.2 Å². The summed E-state index contributed by atoms with van der Waals surface area (Å²) in [5.74, 6) is -0.248. The molecule has 0 spiro atoms. The lowest BCUT2D eigenvalue weighted by molar-refractivity contribution is -0.384. The quantitative estimate of drug-likeness (QED) is 0.188. The molecule has 2 aromatic carbocycles. The molecular weight excluding hydrogens is 523 g/mol. The number of rotatable bonds is 7. The molecule has 10 heteroatoms. The summed E-state index contributed by atoms with van der Waals surface area (Å²) in [4.78, 5) is 27.9. The van der Waals surface area contributed by atoms with E-state index in [9.17, 15) is 14.9 Å². The van der Waals surface area contributed by atoms with Crippen LogP contribution in [0.2, 0.25) is 5.02 Å². The molecule has 1 heterocycles. The van der Waals surface area contributed by atoms with E-state index in [0.717, 1.165) is 16.4 Å². The van der Waals surface area contributed by atoms with E-state index >= 15 is 0 Å². The number of aromatic nitrogens is 2. The van der Waals surface area contributed by atoms with Gasteiger partial charge in [0.25, 0.3) is 5.69 Å². The molecule has 1 N–H and O–H groups in total. The number of hydrogen-bond donors (Lipinski definition) is 1. The van der Waals surface area contributed by atoms with E-state index in [0.29, 0.717) is 28.9 Å². The SMILES string of the molecule is O=C(OCC1CC1)c1cc([N+](=O)[O-])c(-n2ccnc2)cc1Nc1ccc(I)cc1Cl. The van der Waals surface area contributed by atoms with Crippen molar-refractivity contribution < 1.29 is 14.5 Å². The Morgan fingerprint density at radius 3 is 2.77 bits per heavy atom. The zero-order valence-electron chi connectivity index (χ0n) is 15.5. The van der Waals surface area contributed by atoms with Crippen LogP contribution in [0.3, 0.4) is 0 Å². The summed E-state index contributed by atoms with van der Waals surface area (Å²) in [5.41, 5.74) is 1.03. The zero-order chi connectivity index (χ0) is 21.3. The van der Waals surface area contributed by atoms with Gasteiger partial charge in [0.05, 0.1) is 39.8 Å². The van der Waals surface area contributed by atoms with Gasteiger partial charge in [-0.2, -0.15) is 0 Å². The second-order valence-corrected chi connectivity index (χ2v) is 8.56. The minimum absolute atomic E-state index is 0.0702. The van der Waals surface area contributed by atoms with Crippen LogP contribution in [0.25, 0.3) is 5.69 Å². The van der Waals surface area contributed by atoms with E-state index in [4.69, 9.17) is 16.3 Å². The molecule has 1 aliphatic carbocycles. The predicted octanol–water partition coefficient (Wildman–Crippen LogP) is 5.35. The van der Waals surface area contributed by atoms with Crippen LogP contribution in [0.5, 0.6) is 0 Å². The molecule has 8 nitrogen and oxygen atoms in total. The molecule has 154 valence electrons. The van der Waals surface area contributed by atoms with Crippen molar-refractivity contribution >= 4 is 57.2 Å². The lowest BCUT2D eigenvalue weighted by atomic mass is 10.1. The van der Waals surface area contributed by atoms with Crippen molar-refractivity contribution in [3.63, 3.8) is 0 Å². The molecule has 0 amide bonds. The van der Waals surface area contributed by atoms with Gasteiger partial charge < -0.3 is 14.6 Å².